The second-order valence-corrected chi connectivity index (χ2v) is 5.97. The van der Waals surface area contributed by atoms with Crippen LogP contribution in [0, 0.1) is 10.6 Å². The van der Waals surface area contributed by atoms with Crippen LogP contribution < -0.4 is 5.32 Å². The Balaban J connectivity index is 1.85. The molecule has 2 aromatic carbocycles. The Labute approximate surface area is 153 Å². The zero-order valence-corrected chi connectivity index (χ0v) is 14.9. The predicted molar refractivity (Wildman–Crippen MR) is 98.1 cm³/mol. The molecule has 1 N–H and O–H groups in total. The monoisotopic (exact) mass is 370 g/mol. The standard InChI is InChI=1S/C18H15FN4O2S/c1-11(24)23-18(26)22(2)16(21-23)12-7-9-13(10-8-12)20-17(25)14-5-3-4-6-15(14)19/h3-10H,1-2H3,(H,20,25). The molecule has 132 valence electrons. The maximum absolute atomic E-state index is 13.7. The van der Waals surface area contributed by atoms with Crippen molar-refractivity contribution in [3.05, 3.63) is 64.7 Å². The fraction of sp³-hybridized carbons (Fsp3) is 0.111. The van der Waals surface area contributed by atoms with Gasteiger partial charge in [0.2, 0.25) is 10.7 Å². The van der Waals surface area contributed by atoms with Crippen molar-refractivity contribution in [2.24, 2.45) is 7.05 Å². The van der Waals surface area contributed by atoms with Crippen LogP contribution in [0.15, 0.2) is 48.5 Å². The zero-order valence-electron chi connectivity index (χ0n) is 14.1. The van der Waals surface area contributed by atoms with E-state index in [9.17, 15) is 14.0 Å². The van der Waals surface area contributed by atoms with Gasteiger partial charge in [0.25, 0.3) is 5.91 Å². The summed E-state index contributed by atoms with van der Waals surface area (Å²) in [5, 5.41) is 6.86. The zero-order chi connectivity index (χ0) is 18.8. The van der Waals surface area contributed by atoms with Crippen molar-refractivity contribution in [1.82, 2.24) is 14.3 Å². The Morgan fingerprint density at radius 3 is 2.35 bits per heavy atom. The summed E-state index contributed by atoms with van der Waals surface area (Å²) < 4.78 is 16.7. The van der Waals surface area contributed by atoms with Gasteiger partial charge in [0.15, 0.2) is 5.82 Å². The maximum Gasteiger partial charge on any atom is 0.258 e. The lowest BCUT2D eigenvalue weighted by atomic mass is 10.1. The van der Waals surface area contributed by atoms with E-state index in [1.54, 1.807) is 41.9 Å². The summed E-state index contributed by atoms with van der Waals surface area (Å²) in [6.07, 6.45) is 0. The number of carbonyl (C=O) groups excluding carboxylic acids is 2. The average Bonchev–Trinajstić information content (AvgIpc) is 2.92. The number of carbonyl (C=O) groups is 2. The number of hydrogen-bond acceptors (Lipinski definition) is 4. The van der Waals surface area contributed by atoms with Gasteiger partial charge in [-0.15, -0.1) is 5.10 Å². The van der Waals surface area contributed by atoms with E-state index in [1.165, 1.54) is 25.1 Å². The fourth-order valence-electron chi connectivity index (χ4n) is 2.44. The third-order valence-corrected chi connectivity index (χ3v) is 4.25. The summed E-state index contributed by atoms with van der Waals surface area (Å²) in [6.45, 7) is 1.38. The smallest absolute Gasteiger partial charge is 0.258 e. The first-order chi connectivity index (χ1) is 12.4. The lowest BCUT2D eigenvalue weighted by Gasteiger charge is -2.07. The summed E-state index contributed by atoms with van der Waals surface area (Å²) in [4.78, 5) is 23.7. The summed E-state index contributed by atoms with van der Waals surface area (Å²) in [7, 11) is 1.72. The molecule has 1 amide bonds. The lowest BCUT2D eigenvalue weighted by molar-refractivity contribution is 0.0918. The molecule has 0 saturated carbocycles. The molecule has 0 radical (unpaired) electrons. The molecule has 0 bridgehead atoms. The van der Waals surface area contributed by atoms with Crippen molar-refractivity contribution in [3.63, 3.8) is 0 Å². The lowest BCUT2D eigenvalue weighted by Crippen LogP contribution is -2.13. The van der Waals surface area contributed by atoms with Gasteiger partial charge in [0, 0.05) is 25.2 Å². The minimum absolute atomic E-state index is 0.0288. The van der Waals surface area contributed by atoms with Crippen molar-refractivity contribution in [3.8, 4) is 11.4 Å². The highest BCUT2D eigenvalue weighted by atomic mass is 32.1. The molecule has 0 fully saturated rings. The minimum atomic E-state index is -0.582. The molecule has 3 rings (SSSR count). The van der Waals surface area contributed by atoms with E-state index in [1.807, 2.05) is 0 Å². The molecule has 0 spiro atoms. The summed E-state index contributed by atoms with van der Waals surface area (Å²) in [5.41, 5.74) is 1.20. The Bertz CT molecular complexity index is 1050. The van der Waals surface area contributed by atoms with Gasteiger partial charge in [-0.05, 0) is 48.6 Å². The third kappa shape index (κ3) is 3.31. The minimum Gasteiger partial charge on any atom is -0.322 e. The van der Waals surface area contributed by atoms with Crippen LogP contribution in [0.5, 0.6) is 0 Å². The molecule has 6 nitrogen and oxygen atoms in total. The van der Waals surface area contributed by atoms with Gasteiger partial charge < -0.3 is 9.88 Å². The molecule has 0 saturated heterocycles. The van der Waals surface area contributed by atoms with Gasteiger partial charge in [0.05, 0.1) is 5.56 Å². The number of halogens is 1. The summed E-state index contributed by atoms with van der Waals surface area (Å²) in [6, 6.07) is 12.6. The first kappa shape index (κ1) is 17.7. The third-order valence-electron chi connectivity index (χ3n) is 3.80. The van der Waals surface area contributed by atoms with E-state index in [4.69, 9.17) is 12.2 Å². The number of rotatable bonds is 3. The largest absolute Gasteiger partial charge is 0.322 e. The Kier molecular flexibility index (Phi) is 4.77. The molecule has 0 aliphatic carbocycles. The average molecular weight is 370 g/mol. The van der Waals surface area contributed by atoms with Gasteiger partial charge in [0.1, 0.15) is 5.82 Å². The van der Waals surface area contributed by atoms with E-state index < -0.39 is 11.7 Å². The van der Waals surface area contributed by atoms with Crippen molar-refractivity contribution >= 4 is 29.7 Å². The Morgan fingerprint density at radius 2 is 1.77 bits per heavy atom. The van der Waals surface area contributed by atoms with Crippen LogP contribution in [0.1, 0.15) is 22.1 Å². The summed E-state index contributed by atoms with van der Waals surface area (Å²) in [5.74, 6) is -0.862. The van der Waals surface area contributed by atoms with Gasteiger partial charge in [-0.1, -0.05) is 12.1 Å². The number of nitrogens with one attached hydrogen (secondary N) is 1. The Hall–Kier alpha value is -3.13. The van der Waals surface area contributed by atoms with Crippen molar-refractivity contribution in [2.75, 3.05) is 5.32 Å². The molecule has 26 heavy (non-hydrogen) atoms. The number of aromatic nitrogens is 3. The SMILES string of the molecule is CC(=O)n1nc(-c2ccc(NC(=O)c3ccccc3F)cc2)n(C)c1=S. The quantitative estimate of drug-likeness (QED) is 0.714. The van der Waals surface area contributed by atoms with E-state index in [0.29, 0.717) is 16.3 Å². The fourth-order valence-corrected chi connectivity index (χ4v) is 2.70. The van der Waals surface area contributed by atoms with Gasteiger partial charge in [-0.2, -0.15) is 4.68 Å². The van der Waals surface area contributed by atoms with E-state index in [-0.39, 0.29) is 11.5 Å². The van der Waals surface area contributed by atoms with E-state index in [0.717, 1.165) is 10.2 Å². The van der Waals surface area contributed by atoms with Crippen LogP contribution in [0.3, 0.4) is 0 Å². The Morgan fingerprint density at radius 1 is 1.12 bits per heavy atom. The predicted octanol–water partition coefficient (Wildman–Crippen LogP) is 3.67. The van der Waals surface area contributed by atoms with E-state index >= 15 is 0 Å². The van der Waals surface area contributed by atoms with E-state index in [2.05, 4.69) is 10.4 Å². The molecule has 0 aliphatic heterocycles. The van der Waals surface area contributed by atoms with Crippen LogP contribution in [-0.2, 0) is 7.05 Å². The number of amides is 1. The van der Waals surface area contributed by atoms with Crippen LogP contribution in [0.25, 0.3) is 11.4 Å². The first-order valence-corrected chi connectivity index (χ1v) is 8.12. The van der Waals surface area contributed by atoms with Crippen LogP contribution >= 0.6 is 12.2 Å². The van der Waals surface area contributed by atoms with Gasteiger partial charge in [-0.3, -0.25) is 9.59 Å². The number of benzene rings is 2. The highest BCUT2D eigenvalue weighted by Gasteiger charge is 2.14. The molecule has 0 aliphatic rings. The molecule has 8 heteroatoms. The first-order valence-electron chi connectivity index (χ1n) is 7.72. The number of hydrogen-bond donors (Lipinski definition) is 1. The topological polar surface area (TPSA) is 68.9 Å². The van der Waals surface area contributed by atoms with Crippen LogP contribution in [0.2, 0.25) is 0 Å². The molecular weight excluding hydrogens is 355 g/mol. The second kappa shape index (κ2) is 7.01. The highest BCUT2D eigenvalue weighted by Crippen LogP contribution is 2.20. The van der Waals surface area contributed by atoms with Crippen molar-refractivity contribution in [2.45, 2.75) is 6.92 Å². The molecular formula is C18H15FN4O2S. The second-order valence-electron chi connectivity index (χ2n) is 5.61. The van der Waals surface area contributed by atoms with Crippen LogP contribution in [-0.4, -0.2) is 26.2 Å². The molecule has 1 heterocycles. The molecule has 1 aromatic heterocycles. The number of anilines is 1. The summed E-state index contributed by atoms with van der Waals surface area (Å²) >= 11 is 5.19. The molecule has 0 unspecified atom stereocenters. The highest BCUT2D eigenvalue weighted by molar-refractivity contribution is 7.71. The normalized spacial score (nSPS) is 10.6. The molecule has 0 atom stereocenters. The molecule has 3 aromatic rings. The maximum atomic E-state index is 13.7. The van der Waals surface area contributed by atoms with Gasteiger partial charge in [-0.25, -0.2) is 4.39 Å². The number of nitrogens with zero attached hydrogens (tertiary/aromatic N) is 3. The van der Waals surface area contributed by atoms with Crippen LogP contribution in [0.4, 0.5) is 10.1 Å². The van der Waals surface area contributed by atoms with Crippen molar-refractivity contribution < 1.29 is 14.0 Å². The van der Waals surface area contributed by atoms with Gasteiger partial charge >= 0.3 is 0 Å². The van der Waals surface area contributed by atoms with Crippen molar-refractivity contribution in [1.29, 1.82) is 0 Å².